The fourth-order valence-corrected chi connectivity index (χ4v) is 2.65. The molecule has 0 heterocycles. The Morgan fingerprint density at radius 3 is 2.41 bits per heavy atom. The number of rotatable bonds is 10. The van der Waals surface area contributed by atoms with E-state index < -0.39 is 5.91 Å². The van der Waals surface area contributed by atoms with E-state index in [0.29, 0.717) is 52.4 Å². The molecule has 1 N–H and O–H groups in total. The summed E-state index contributed by atoms with van der Waals surface area (Å²) in [4.78, 5) is 12.4. The summed E-state index contributed by atoms with van der Waals surface area (Å²) in [5.41, 5.74) is 3.44. The number of amides is 1. The van der Waals surface area contributed by atoms with Crippen molar-refractivity contribution in [2.75, 3.05) is 27.4 Å². The van der Waals surface area contributed by atoms with E-state index in [2.05, 4.69) is 17.1 Å². The van der Waals surface area contributed by atoms with Crippen LogP contribution in [0.5, 0.6) is 23.0 Å². The minimum Gasteiger partial charge on any atom is -0.497 e. The van der Waals surface area contributed by atoms with Crippen LogP contribution < -0.4 is 24.4 Å². The molecule has 0 aliphatic rings. The zero-order valence-electron chi connectivity index (χ0n) is 16.5. The number of ether oxygens (including phenoxy) is 4. The summed E-state index contributed by atoms with van der Waals surface area (Å²) in [6.45, 7) is 6.21. The number of hydrogen-bond acceptors (Lipinski definition) is 6. The lowest BCUT2D eigenvalue weighted by Gasteiger charge is -2.13. The van der Waals surface area contributed by atoms with Crippen LogP contribution in [-0.2, 0) is 0 Å². The highest BCUT2D eigenvalue weighted by atomic mass is 35.5. The summed E-state index contributed by atoms with van der Waals surface area (Å²) in [7, 11) is 3.02. The van der Waals surface area contributed by atoms with Gasteiger partial charge in [-0.3, -0.25) is 4.79 Å². The zero-order valence-corrected chi connectivity index (χ0v) is 17.3. The molecule has 0 radical (unpaired) electrons. The van der Waals surface area contributed by atoms with Crippen LogP contribution in [-0.4, -0.2) is 39.6 Å². The maximum absolute atomic E-state index is 12.4. The molecule has 0 atom stereocenters. The maximum atomic E-state index is 12.4. The molecule has 154 valence electrons. The van der Waals surface area contributed by atoms with Gasteiger partial charge in [0.15, 0.2) is 11.5 Å². The van der Waals surface area contributed by atoms with Gasteiger partial charge in [0.25, 0.3) is 5.91 Å². The molecule has 0 spiro atoms. The Hall–Kier alpha value is -3.19. The van der Waals surface area contributed by atoms with Crippen molar-refractivity contribution in [3.63, 3.8) is 0 Å². The number of benzene rings is 2. The zero-order chi connectivity index (χ0) is 21.2. The second kappa shape index (κ2) is 11.0. The first-order chi connectivity index (χ1) is 14.0. The van der Waals surface area contributed by atoms with E-state index in [1.165, 1.54) is 20.4 Å². The van der Waals surface area contributed by atoms with Gasteiger partial charge in [0.1, 0.15) is 18.1 Å². The van der Waals surface area contributed by atoms with Crippen LogP contribution in [0.1, 0.15) is 22.8 Å². The number of halogens is 1. The SMILES string of the molecule is C=CCOc1c(Cl)cc(/C=N\NC(=O)c2cc(OC)cc(OC)c2)cc1OCC. The first kappa shape index (κ1) is 22.1. The molecule has 2 aromatic carbocycles. The molecular weight excluding hydrogens is 396 g/mol. The van der Waals surface area contributed by atoms with Gasteiger partial charge < -0.3 is 18.9 Å². The summed E-state index contributed by atoms with van der Waals surface area (Å²) in [5.74, 6) is 1.49. The van der Waals surface area contributed by atoms with Crippen LogP contribution in [0.3, 0.4) is 0 Å². The van der Waals surface area contributed by atoms with Crippen molar-refractivity contribution in [1.82, 2.24) is 5.43 Å². The highest BCUT2D eigenvalue weighted by Crippen LogP contribution is 2.36. The number of carbonyl (C=O) groups excluding carboxylic acids is 1. The molecule has 0 bridgehead atoms. The van der Waals surface area contributed by atoms with E-state index in [4.69, 9.17) is 30.5 Å². The Kier molecular flexibility index (Phi) is 8.36. The lowest BCUT2D eigenvalue weighted by Crippen LogP contribution is -2.17. The van der Waals surface area contributed by atoms with Crippen LogP contribution in [0, 0.1) is 0 Å². The van der Waals surface area contributed by atoms with Crippen molar-refractivity contribution in [2.24, 2.45) is 5.10 Å². The number of nitrogens with one attached hydrogen (secondary N) is 1. The summed E-state index contributed by atoms with van der Waals surface area (Å²) in [6.07, 6.45) is 3.07. The van der Waals surface area contributed by atoms with Crippen molar-refractivity contribution in [2.45, 2.75) is 6.92 Å². The van der Waals surface area contributed by atoms with Gasteiger partial charge in [-0.05, 0) is 36.8 Å². The second-order valence-corrected chi connectivity index (χ2v) is 6.07. The average molecular weight is 419 g/mol. The third-order valence-electron chi connectivity index (χ3n) is 3.67. The first-order valence-corrected chi connectivity index (χ1v) is 9.16. The number of nitrogens with zero attached hydrogens (tertiary/aromatic N) is 1. The molecule has 1 amide bonds. The monoisotopic (exact) mass is 418 g/mol. The lowest BCUT2D eigenvalue weighted by molar-refractivity contribution is 0.0954. The minimum absolute atomic E-state index is 0.299. The van der Waals surface area contributed by atoms with Gasteiger partial charge in [0.05, 0.1) is 32.1 Å². The summed E-state index contributed by atoms with van der Waals surface area (Å²) in [5, 5.41) is 4.35. The van der Waals surface area contributed by atoms with Crippen LogP contribution in [0.15, 0.2) is 48.1 Å². The van der Waals surface area contributed by atoms with E-state index in [1.807, 2.05) is 6.92 Å². The van der Waals surface area contributed by atoms with Crippen molar-refractivity contribution in [1.29, 1.82) is 0 Å². The van der Waals surface area contributed by atoms with Gasteiger partial charge in [0.2, 0.25) is 0 Å². The predicted molar refractivity (Wildman–Crippen MR) is 113 cm³/mol. The Balaban J connectivity index is 2.17. The molecule has 2 aromatic rings. The lowest BCUT2D eigenvalue weighted by atomic mass is 10.2. The van der Waals surface area contributed by atoms with Crippen molar-refractivity contribution >= 4 is 23.7 Å². The standard InChI is InChI=1S/C21H23ClN2O5/c1-5-7-29-20-18(22)8-14(9-19(20)28-6-2)13-23-24-21(25)15-10-16(26-3)12-17(11-15)27-4/h5,8-13H,1,6-7H2,2-4H3,(H,24,25)/b23-13-. The van der Waals surface area contributed by atoms with E-state index in [1.54, 1.807) is 36.4 Å². The summed E-state index contributed by atoms with van der Waals surface area (Å²) >= 11 is 6.29. The van der Waals surface area contributed by atoms with Gasteiger partial charge in [-0.25, -0.2) is 5.43 Å². The first-order valence-electron chi connectivity index (χ1n) is 8.78. The normalized spacial score (nSPS) is 10.5. The quantitative estimate of drug-likeness (QED) is 0.357. The van der Waals surface area contributed by atoms with E-state index in [-0.39, 0.29) is 0 Å². The number of hydrazone groups is 1. The van der Waals surface area contributed by atoms with Gasteiger partial charge in [-0.1, -0.05) is 24.3 Å². The highest BCUT2D eigenvalue weighted by Gasteiger charge is 2.12. The minimum atomic E-state index is -0.416. The van der Waals surface area contributed by atoms with E-state index >= 15 is 0 Å². The fraction of sp³-hybridized carbons (Fsp3) is 0.238. The van der Waals surface area contributed by atoms with Crippen LogP contribution in [0.25, 0.3) is 0 Å². The molecule has 0 aromatic heterocycles. The molecule has 2 rings (SSSR count). The van der Waals surface area contributed by atoms with Crippen molar-refractivity contribution in [3.05, 3.63) is 59.1 Å². The molecule has 0 aliphatic heterocycles. The predicted octanol–water partition coefficient (Wildman–Crippen LogP) is 4.08. The Morgan fingerprint density at radius 2 is 1.83 bits per heavy atom. The molecule has 0 saturated carbocycles. The fourth-order valence-electron chi connectivity index (χ4n) is 2.38. The average Bonchev–Trinajstić information content (AvgIpc) is 2.72. The smallest absolute Gasteiger partial charge is 0.271 e. The highest BCUT2D eigenvalue weighted by molar-refractivity contribution is 6.32. The third-order valence-corrected chi connectivity index (χ3v) is 3.95. The number of carbonyl (C=O) groups is 1. The van der Waals surface area contributed by atoms with Gasteiger partial charge in [0, 0.05) is 11.6 Å². The Labute approximate surface area is 174 Å². The van der Waals surface area contributed by atoms with Gasteiger partial charge in [-0.2, -0.15) is 5.10 Å². The second-order valence-electron chi connectivity index (χ2n) is 5.66. The Morgan fingerprint density at radius 1 is 1.14 bits per heavy atom. The number of hydrogen-bond donors (Lipinski definition) is 1. The van der Waals surface area contributed by atoms with Crippen LogP contribution in [0.2, 0.25) is 5.02 Å². The van der Waals surface area contributed by atoms with Crippen LogP contribution >= 0.6 is 11.6 Å². The Bertz CT molecular complexity index is 877. The molecule has 0 unspecified atom stereocenters. The van der Waals surface area contributed by atoms with Crippen molar-refractivity contribution < 1.29 is 23.7 Å². The summed E-state index contributed by atoms with van der Waals surface area (Å²) < 4.78 is 21.5. The maximum Gasteiger partial charge on any atom is 0.271 e. The van der Waals surface area contributed by atoms with Crippen LogP contribution in [0.4, 0.5) is 0 Å². The van der Waals surface area contributed by atoms with Gasteiger partial charge in [-0.15, -0.1) is 0 Å². The third kappa shape index (κ3) is 6.15. The molecule has 0 saturated heterocycles. The van der Waals surface area contributed by atoms with E-state index in [0.717, 1.165) is 0 Å². The van der Waals surface area contributed by atoms with Gasteiger partial charge >= 0.3 is 0 Å². The topological polar surface area (TPSA) is 78.4 Å². The van der Waals surface area contributed by atoms with Crippen molar-refractivity contribution in [3.8, 4) is 23.0 Å². The molecule has 0 fully saturated rings. The van der Waals surface area contributed by atoms with E-state index in [9.17, 15) is 4.79 Å². The summed E-state index contributed by atoms with van der Waals surface area (Å²) in [6, 6.07) is 8.23. The largest absolute Gasteiger partial charge is 0.497 e. The molecule has 29 heavy (non-hydrogen) atoms. The molecule has 0 aliphatic carbocycles. The molecule has 7 nitrogen and oxygen atoms in total. The molecular formula is C21H23ClN2O5. The molecule has 8 heteroatoms. The number of methoxy groups -OCH3 is 2.